The Morgan fingerprint density at radius 3 is 2.79 bits per heavy atom. The molecule has 0 aromatic heterocycles. The number of unbranched alkanes of at least 4 members (excludes halogenated alkanes) is 1. The van der Waals surface area contributed by atoms with Gasteiger partial charge in [-0.1, -0.05) is 13.3 Å². The quantitative estimate of drug-likeness (QED) is 0.505. The molecule has 0 bridgehead atoms. The van der Waals surface area contributed by atoms with Crippen LogP contribution in [-0.2, 0) is 0 Å². The van der Waals surface area contributed by atoms with Crippen LogP contribution in [0.4, 0.5) is 5.69 Å². The van der Waals surface area contributed by atoms with Crippen LogP contribution in [0, 0.1) is 6.92 Å². The Balaban J connectivity index is 2.72. The highest BCUT2D eigenvalue weighted by Crippen LogP contribution is 2.31. The SMILES string of the molecule is CCCCSc1cc(C)c(N)cc1Br. The molecule has 0 amide bonds. The van der Waals surface area contributed by atoms with E-state index < -0.39 is 0 Å². The molecule has 0 atom stereocenters. The van der Waals surface area contributed by atoms with E-state index in [0.717, 1.165) is 15.7 Å². The summed E-state index contributed by atoms with van der Waals surface area (Å²) >= 11 is 5.42. The lowest BCUT2D eigenvalue weighted by Crippen LogP contribution is -1.90. The predicted molar refractivity (Wildman–Crippen MR) is 68.9 cm³/mol. The maximum atomic E-state index is 5.81. The van der Waals surface area contributed by atoms with Gasteiger partial charge in [-0.2, -0.15) is 0 Å². The van der Waals surface area contributed by atoms with Crippen molar-refractivity contribution >= 4 is 33.4 Å². The summed E-state index contributed by atoms with van der Waals surface area (Å²) < 4.78 is 1.11. The number of nitrogens with two attached hydrogens (primary N) is 1. The number of hydrogen-bond donors (Lipinski definition) is 1. The zero-order valence-electron chi connectivity index (χ0n) is 8.64. The van der Waals surface area contributed by atoms with Crippen molar-refractivity contribution in [1.82, 2.24) is 0 Å². The lowest BCUT2D eigenvalue weighted by Gasteiger charge is -2.07. The number of halogens is 1. The third-order valence-electron chi connectivity index (χ3n) is 2.08. The molecule has 0 heterocycles. The molecule has 0 aliphatic rings. The molecule has 0 fully saturated rings. The van der Waals surface area contributed by atoms with Crippen LogP contribution in [0.3, 0.4) is 0 Å². The highest BCUT2D eigenvalue weighted by Gasteiger charge is 2.03. The Kier molecular flexibility index (Phi) is 4.82. The van der Waals surface area contributed by atoms with Crippen molar-refractivity contribution in [2.75, 3.05) is 11.5 Å². The van der Waals surface area contributed by atoms with Crippen LogP contribution in [0.15, 0.2) is 21.5 Å². The van der Waals surface area contributed by atoms with Crippen LogP contribution in [0.5, 0.6) is 0 Å². The first-order valence-electron chi connectivity index (χ1n) is 4.83. The average molecular weight is 274 g/mol. The van der Waals surface area contributed by atoms with Crippen molar-refractivity contribution in [3.63, 3.8) is 0 Å². The molecule has 0 unspecified atom stereocenters. The molecule has 3 heteroatoms. The van der Waals surface area contributed by atoms with Gasteiger partial charge in [-0.25, -0.2) is 0 Å². The molecule has 1 rings (SSSR count). The standard InChI is InChI=1S/C11H16BrNS/c1-3-4-5-14-11-6-8(2)10(13)7-9(11)12/h6-7H,3-5,13H2,1-2H3. The molecule has 1 aromatic rings. The number of benzene rings is 1. The molecule has 0 saturated heterocycles. The smallest absolute Gasteiger partial charge is 0.0355 e. The number of anilines is 1. The van der Waals surface area contributed by atoms with Crippen LogP contribution in [0.2, 0.25) is 0 Å². The van der Waals surface area contributed by atoms with E-state index in [-0.39, 0.29) is 0 Å². The molecule has 0 aliphatic carbocycles. The molecule has 0 spiro atoms. The molecule has 1 aromatic carbocycles. The minimum Gasteiger partial charge on any atom is -0.398 e. The van der Waals surface area contributed by atoms with E-state index in [1.54, 1.807) is 0 Å². The Morgan fingerprint density at radius 1 is 1.43 bits per heavy atom. The number of nitrogen functional groups attached to an aromatic ring is 1. The molecule has 78 valence electrons. The highest BCUT2D eigenvalue weighted by atomic mass is 79.9. The Hall–Kier alpha value is -0.150. The zero-order chi connectivity index (χ0) is 10.6. The van der Waals surface area contributed by atoms with Crippen molar-refractivity contribution < 1.29 is 0 Å². The number of hydrogen-bond acceptors (Lipinski definition) is 2. The summed E-state index contributed by atoms with van der Waals surface area (Å²) in [6.45, 7) is 4.26. The third-order valence-corrected chi connectivity index (χ3v) is 4.14. The Bertz CT molecular complexity index is 312. The van der Waals surface area contributed by atoms with Crippen molar-refractivity contribution in [2.24, 2.45) is 0 Å². The second kappa shape index (κ2) is 5.66. The van der Waals surface area contributed by atoms with Gasteiger partial charge < -0.3 is 5.73 Å². The summed E-state index contributed by atoms with van der Waals surface area (Å²) in [4.78, 5) is 1.30. The molecule has 0 aliphatic heterocycles. The van der Waals surface area contributed by atoms with Crippen LogP contribution >= 0.6 is 27.7 Å². The van der Waals surface area contributed by atoms with Gasteiger partial charge in [0.15, 0.2) is 0 Å². The number of thioether (sulfide) groups is 1. The van der Waals surface area contributed by atoms with E-state index in [2.05, 4.69) is 28.9 Å². The van der Waals surface area contributed by atoms with E-state index in [9.17, 15) is 0 Å². The first kappa shape index (κ1) is 11.9. The third kappa shape index (κ3) is 3.21. The summed E-state index contributed by atoms with van der Waals surface area (Å²) in [5, 5.41) is 0. The van der Waals surface area contributed by atoms with Gasteiger partial charge in [0.05, 0.1) is 0 Å². The molecule has 0 saturated carbocycles. The summed E-state index contributed by atoms with van der Waals surface area (Å²) in [6, 6.07) is 4.14. The van der Waals surface area contributed by atoms with Crippen molar-refractivity contribution in [3.8, 4) is 0 Å². The minimum absolute atomic E-state index is 0.858. The van der Waals surface area contributed by atoms with E-state index >= 15 is 0 Å². The van der Waals surface area contributed by atoms with Gasteiger partial charge >= 0.3 is 0 Å². The first-order valence-corrected chi connectivity index (χ1v) is 6.61. The Morgan fingerprint density at radius 2 is 2.14 bits per heavy atom. The second-order valence-electron chi connectivity index (χ2n) is 3.34. The van der Waals surface area contributed by atoms with Crippen LogP contribution in [0.25, 0.3) is 0 Å². The van der Waals surface area contributed by atoms with Crippen molar-refractivity contribution in [3.05, 3.63) is 22.2 Å². The van der Waals surface area contributed by atoms with E-state index in [4.69, 9.17) is 5.73 Å². The average Bonchev–Trinajstić information content (AvgIpc) is 2.14. The largest absolute Gasteiger partial charge is 0.398 e. The Labute approximate surface area is 98.6 Å². The predicted octanol–water partition coefficient (Wildman–Crippen LogP) is 4.23. The van der Waals surface area contributed by atoms with Gasteiger partial charge in [0, 0.05) is 15.1 Å². The number of rotatable bonds is 4. The fourth-order valence-electron chi connectivity index (χ4n) is 1.11. The van der Waals surface area contributed by atoms with E-state index in [0.29, 0.717) is 0 Å². The molecule has 1 nitrogen and oxygen atoms in total. The van der Waals surface area contributed by atoms with Gasteiger partial charge in [-0.15, -0.1) is 11.8 Å². The molecular weight excluding hydrogens is 258 g/mol. The monoisotopic (exact) mass is 273 g/mol. The minimum atomic E-state index is 0.858. The summed E-state index contributed by atoms with van der Waals surface area (Å²) in [7, 11) is 0. The van der Waals surface area contributed by atoms with Crippen LogP contribution in [-0.4, -0.2) is 5.75 Å². The van der Waals surface area contributed by atoms with Gasteiger partial charge in [0.25, 0.3) is 0 Å². The maximum absolute atomic E-state index is 5.81. The van der Waals surface area contributed by atoms with Gasteiger partial charge in [-0.05, 0) is 52.7 Å². The normalized spacial score (nSPS) is 10.5. The summed E-state index contributed by atoms with van der Waals surface area (Å²) in [5.74, 6) is 1.18. The fourth-order valence-corrected chi connectivity index (χ4v) is 2.92. The fraction of sp³-hybridized carbons (Fsp3) is 0.455. The lowest BCUT2D eigenvalue weighted by molar-refractivity contribution is 0.896. The summed E-state index contributed by atoms with van der Waals surface area (Å²) in [5.41, 5.74) is 7.82. The van der Waals surface area contributed by atoms with Gasteiger partial charge in [-0.3, -0.25) is 0 Å². The highest BCUT2D eigenvalue weighted by molar-refractivity contribution is 9.10. The molecule has 2 N–H and O–H groups in total. The van der Waals surface area contributed by atoms with Crippen LogP contribution in [0.1, 0.15) is 25.3 Å². The number of aryl methyl sites for hydroxylation is 1. The molecule has 14 heavy (non-hydrogen) atoms. The lowest BCUT2D eigenvalue weighted by atomic mass is 10.2. The van der Waals surface area contributed by atoms with Gasteiger partial charge in [0.2, 0.25) is 0 Å². The zero-order valence-corrected chi connectivity index (χ0v) is 11.0. The topological polar surface area (TPSA) is 26.0 Å². The van der Waals surface area contributed by atoms with E-state index in [1.165, 1.54) is 23.5 Å². The first-order chi connectivity index (χ1) is 6.65. The van der Waals surface area contributed by atoms with Crippen molar-refractivity contribution in [2.45, 2.75) is 31.6 Å². The van der Waals surface area contributed by atoms with Crippen molar-refractivity contribution in [1.29, 1.82) is 0 Å². The van der Waals surface area contributed by atoms with E-state index in [1.807, 2.05) is 24.8 Å². The maximum Gasteiger partial charge on any atom is 0.0355 e. The van der Waals surface area contributed by atoms with Crippen LogP contribution < -0.4 is 5.73 Å². The summed E-state index contributed by atoms with van der Waals surface area (Å²) in [6.07, 6.45) is 2.51. The van der Waals surface area contributed by atoms with Gasteiger partial charge in [0.1, 0.15) is 0 Å². The molecule has 0 radical (unpaired) electrons. The second-order valence-corrected chi connectivity index (χ2v) is 5.33. The molecular formula is C11H16BrNS.